The van der Waals surface area contributed by atoms with Crippen LogP contribution in [0.4, 0.5) is 0 Å². The molecule has 0 radical (unpaired) electrons. The van der Waals surface area contributed by atoms with Crippen LogP contribution in [0.25, 0.3) is 0 Å². The standard InChI is InChI=1S/C16H28N4O/c1-13(2)17-10-16-11-20(19-18-16)8-9-21-12-15-7-5-4-6-14(15)3/h4-5,11,13-15,17H,6-10,12H2,1-3H3. The molecule has 118 valence electrons. The van der Waals surface area contributed by atoms with Crippen LogP contribution in [0.15, 0.2) is 18.3 Å². The summed E-state index contributed by atoms with van der Waals surface area (Å²) in [6.45, 7) is 9.65. The molecule has 0 saturated carbocycles. The lowest BCUT2D eigenvalue weighted by atomic mass is 9.85. The van der Waals surface area contributed by atoms with Crippen molar-refractivity contribution in [1.29, 1.82) is 0 Å². The summed E-state index contributed by atoms with van der Waals surface area (Å²) in [4.78, 5) is 0. The number of allylic oxidation sites excluding steroid dienone is 2. The van der Waals surface area contributed by atoms with E-state index in [0.717, 1.165) is 37.7 Å². The van der Waals surface area contributed by atoms with Gasteiger partial charge in [0.25, 0.3) is 0 Å². The number of rotatable bonds is 8. The molecule has 1 aliphatic rings. The van der Waals surface area contributed by atoms with E-state index in [0.29, 0.717) is 18.6 Å². The Morgan fingerprint density at radius 1 is 1.38 bits per heavy atom. The van der Waals surface area contributed by atoms with E-state index < -0.39 is 0 Å². The van der Waals surface area contributed by atoms with Crippen molar-refractivity contribution < 1.29 is 4.74 Å². The van der Waals surface area contributed by atoms with Crippen molar-refractivity contribution in [2.24, 2.45) is 11.8 Å². The number of nitrogens with zero attached hydrogens (tertiary/aromatic N) is 3. The van der Waals surface area contributed by atoms with Crippen molar-refractivity contribution in [1.82, 2.24) is 20.3 Å². The first-order chi connectivity index (χ1) is 10.1. The molecule has 1 heterocycles. The van der Waals surface area contributed by atoms with Crippen LogP contribution in [-0.4, -0.2) is 34.2 Å². The minimum absolute atomic E-state index is 0.463. The lowest BCUT2D eigenvalue weighted by Gasteiger charge is -2.24. The fourth-order valence-corrected chi connectivity index (χ4v) is 2.47. The van der Waals surface area contributed by atoms with Gasteiger partial charge in [0.1, 0.15) is 0 Å². The number of ether oxygens (including phenoxy) is 1. The molecule has 1 aromatic rings. The van der Waals surface area contributed by atoms with Gasteiger partial charge in [0.15, 0.2) is 0 Å². The molecule has 0 fully saturated rings. The molecule has 0 aliphatic heterocycles. The molecular formula is C16H28N4O. The van der Waals surface area contributed by atoms with Gasteiger partial charge in [-0.25, -0.2) is 4.68 Å². The Bertz CT molecular complexity index is 441. The highest BCUT2D eigenvalue weighted by Gasteiger charge is 2.18. The molecule has 1 aromatic heterocycles. The van der Waals surface area contributed by atoms with Crippen LogP contribution < -0.4 is 5.32 Å². The molecule has 5 nitrogen and oxygen atoms in total. The van der Waals surface area contributed by atoms with Crippen LogP contribution in [-0.2, 0) is 17.8 Å². The summed E-state index contributed by atoms with van der Waals surface area (Å²) < 4.78 is 7.68. The predicted molar refractivity (Wildman–Crippen MR) is 83.8 cm³/mol. The minimum atomic E-state index is 0.463. The monoisotopic (exact) mass is 292 g/mol. The van der Waals surface area contributed by atoms with Crippen LogP contribution in [0.3, 0.4) is 0 Å². The van der Waals surface area contributed by atoms with Crippen LogP contribution in [0.1, 0.15) is 39.3 Å². The van der Waals surface area contributed by atoms with Gasteiger partial charge in [-0.15, -0.1) is 5.10 Å². The zero-order valence-corrected chi connectivity index (χ0v) is 13.5. The molecule has 1 N–H and O–H groups in total. The Labute approximate surface area is 127 Å². The quantitative estimate of drug-likeness (QED) is 0.590. The highest BCUT2D eigenvalue weighted by atomic mass is 16.5. The van der Waals surface area contributed by atoms with Gasteiger partial charge < -0.3 is 10.1 Å². The van der Waals surface area contributed by atoms with Crippen molar-refractivity contribution in [3.8, 4) is 0 Å². The molecule has 2 unspecified atom stereocenters. The first-order valence-corrected chi connectivity index (χ1v) is 8.00. The van der Waals surface area contributed by atoms with E-state index in [-0.39, 0.29) is 0 Å². The zero-order chi connectivity index (χ0) is 15.1. The maximum atomic E-state index is 5.82. The molecule has 0 aromatic carbocycles. The Balaban J connectivity index is 1.63. The predicted octanol–water partition coefficient (Wildman–Crippen LogP) is 2.40. The van der Waals surface area contributed by atoms with Crippen LogP contribution in [0.5, 0.6) is 0 Å². The number of aromatic nitrogens is 3. The van der Waals surface area contributed by atoms with Gasteiger partial charge in [-0.1, -0.05) is 38.1 Å². The van der Waals surface area contributed by atoms with Crippen molar-refractivity contribution in [3.63, 3.8) is 0 Å². The Morgan fingerprint density at radius 3 is 2.95 bits per heavy atom. The van der Waals surface area contributed by atoms with E-state index in [1.54, 1.807) is 0 Å². The van der Waals surface area contributed by atoms with Gasteiger partial charge in [0, 0.05) is 18.8 Å². The molecule has 2 atom stereocenters. The molecule has 0 bridgehead atoms. The lowest BCUT2D eigenvalue weighted by molar-refractivity contribution is 0.0722. The van der Waals surface area contributed by atoms with E-state index in [2.05, 4.69) is 48.6 Å². The molecule has 5 heteroatoms. The highest BCUT2D eigenvalue weighted by molar-refractivity contribution is 4.93. The van der Waals surface area contributed by atoms with Crippen molar-refractivity contribution in [2.75, 3.05) is 13.2 Å². The average Bonchev–Trinajstić information content (AvgIpc) is 2.91. The second kappa shape index (κ2) is 8.29. The number of hydrogen-bond acceptors (Lipinski definition) is 4. The molecule has 2 rings (SSSR count). The number of nitrogens with one attached hydrogen (secondary N) is 1. The van der Waals surface area contributed by atoms with Crippen molar-refractivity contribution in [3.05, 3.63) is 24.0 Å². The summed E-state index contributed by atoms with van der Waals surface area (Å²) >= 11 is 0. The smallest absolute Gasteiger partial charge is 0.0964 e. The van der Waals surface area contributed by atoms with Gasteiger partial charge in [0.05, 0.1) is 25.5 Å². The van der Waals surface area contributed by atoms with Gasteiger partial charge in [-0.2, -0.15) is 0 Å². The molecule has 21 heavy (non-hydrogen) atoms. The van der Waals surface area contributed by atoms with E-state index in [4.69, 9.17) is 4.74 Å². The second-order valence-corrected chi connectivity index (χ2v) is 6.26. The third kappa shape index (κ3) is 5.59. The van der Waals surface area contributed by atoms with Gasteiger partial charge in [0.2, 0.25) is 0 Å². The van der Waals surface area contributed by atoms with Gasteiger partial charge >= 0.3 is 0 Å². The SMILES string of the molecule is CC(C)NCc1cn(CCOCC2CC=CCC2C)nn1. The summed E-state index contributed by atoms with van der Waals surface area (Å²) in [5, 5.41) is 11.6. The van der Waals surface area contributed by atoms with Crippen LogP contribution >= 0.6 is 0 Å². The summed E-state index contributed by atoms with van der Waals surface area (Å²) in [5.41, 5.74) is 0.981. The first kappa shape index (κ1) is 16.2. The average molecular weight is 292 g/mol. The van der Waals surface area contributed by atoms with Crippen LogP contribution in [0, 0.1) is 11.8 Å². The van der Waals surface area contributed by atoms with Gasteiger partial charge in [-0.05, 0) is 24.7 Å². The first-order valence-electron chi connectivity index (χ1n) is 8.00. The maximum absolute atomic E-state index is 5.82. The van der Waals surface area contributed by atoms with E-state index in [1.165, 1.54) is 6.42 Å². The van der Waals surface area contributed by atoms with Crippen molar-refractivity contribution in [2.45, 2.75) is 52.7 Å². The zero-order valence-electron chi connectivity index (χ0n) is 13.5. The lowest BCUT2D eigenvalue weighted by Crippen LogP contribution is -2.22. The molecule has 0 saturated heterocycles. The summed E-state index contributed by atoms with van der Waals surface area (Å²) in [7, 11) is 0. The second-order valence-electron chi connectivity index (χ2n) is 6.26. The largest absolute Gasteiger partial charge is 0.379 e. The number of hydrogen-bond donors (Lipinski definition) is 1. The minimum Gasteiger partial charge on any atom is -0.379 e. The fourth-order valence-electron chi connectivity index (χ4n) is 2.47. The summed E-state index contributed by atoms with van der Waals surface area (Å²) in [5.74, 6) is 1.40. The highest BCUT2D eigenvalue weighted by Crippen LogP contribution is 2.24. The normalized spacial score (nSPS) is 22.1. The molecule has 0 spiro atoms. The molecule has 1 aliphatic carbocycles. The fraction of sp³-hybridized carbons (Fsp3) is 0.750. The maximum Gasteiger partial charge on any atom is 0.0964 e. The molecule has 0 amide bonds. The topological polar surface area (TPSA) is 52.0 Å². The van der Waals surface area contributed by atoms with Crippen LogP contribution in [0.2, 0.25) is 0 Å². The van der Waals surface area contributed by atoms with E-state index in [9.17, 15) is 0 Å². The Morgan fingerprint density at radius 2 is 2.19 bits per heavy atom. The third-order valence-electron chi connectivity index (χ3n) is 3.99. The van der Waals surface area contributed by atoms with Gasteiger partial charge in [-0.3, -0.25) is 0 Å². The van der Waals surface area contributed by atoms with E-state index >= 15 is 0 Å². The Hall–Kier alpha value is -1.20. The summed E-state index contributed by atoms with van der Waals surface area (Å²) in [6, 6.07) is 0.463. The Kier molecular flexibility index (Phi) is 6.39. The summed E-state index contributed by atoms with van der Waals surface area (Å²) in [6.07, 6.45) is 8.88. The molecular weight excluding hydrogens is 264 g/mol. The van der Waals surface area contributed by atoms with E-state index in [1.807, 2.05) is 10.9 Å². The van der Waals surface area contributed by atoms with Crippen molar-refractivity contribution >= 4 is 0 Å². The third-order valence-corrected chi connectivity index (χ3v) is 3.99.